The van der Waals surface area contributed by atoms with Crippen molar-refractivity contribution in [2.45, 2.75) is 25.0 Å². The number of benzene rings is 2. The van der Waals surface area contributed by atoms with Crippen molar-refractivity contribution in [1.29, 1.82) is 0 Å². The van der Waals surface area contributed by atoms with Gasteiger partial charge in [-0.15, -0.1) is 0 Å². The Bertz CT molecular complexity index is 550. The van der Waals surface area contributed by atoms with Gasteiger partial charge in [0.25, 0.3) is 0 Å². The van der Waals surface area contributed by atoms with E-state index in [0.29, 0.717) is 6.54 Å². The molecule has 2 aromatic rings. The number of para-hydroxylation sites is 1. The largest absolute Gasteiger partial charge is 0.490 e. The molecule has 0 radical (unpaired) electrons. The molecule has 0 aliphatic carbocycles. The van der Waals surface area contributed by atoms with Crippen molar-refractivity contribution in [3.05, 3.63) is 66.2 Å². The summed E-state index contributed by atoms with van der Waals surface area (Å²) in [6, 6.07) is 19.9. The number of hydrogen-bond acceptors (Lipinski definition) is 3. The molecule has 1 heterocycles. The third-order valence-corrected chi connectivity index (χ3v) is 4.20. The van der Waals surface area contributed by atoms with Crippen LogP contribution in [0.25, 0.3) is 0 Å². The van der Waals surface area contributed by atoms with Crippen molar-refractivity contribution in [3.8, 4) is 5.75 Å². The van der Waals surface area contributed by atoms with Crippen LogP contribution < -0.4 is 4.74 Å². The van der Waals surface area contributed by atoms with E-state index in [4.69, 9.17) is 4.74 Å². The van der Waals surface area contributed by atoms with Crippen molar-refractivity contribution >= 4 is 0 Å². The molecule has 1 N–H and O–H groups in total. The van der Waals surface area contributed by atoms with E-state index < -0.39 is 6.10 Å². The summed E-state index contributed by atoms with van der Waals surface area (Å²) in [6.07, 6.45) is 1.90. The van der Waals surface area contributed by atoms with E-state index in [9.17, 15) is 5.11 Å². The molecule has 1 saturated heterocycles. The highest BCUT2D eigenvalue weighted by Crippen LogP contribution is 2.21. The molecule has 116 valence electrons. The Morgan fingerprint density at radius 3 is 2.18 bits per heavy atom. The molecule has 1 atom stereocenters. The molecule has 1 aliphatic heterocycles. The molecule has 1 aliphatic rings. The SMILES string of the molecule is OC(CN1CCC(Oc2ccccc2)CC1)c1ccccc1. The molecule has 3 nitrogen and oxygen atoms in total. The molecule has 2 aromatic carbocycles. The zero-order chi connectivity index (χ0) is 15.2. The lowest BCUT2D eigenvalue weighted by molar-refractivity contribution is 0.0610. The Morgan fingerprint density at radius 1 is 0.955 bits per heavy atom. The van der Waals surface area contributed by atoms with Crippen molar-refractivity contribution in [2.75, 3.05) is 19.6 Å². The number of likely N-dealkylation sites (tertiary alicyclic amines) is 1. The van der Waals surface area contributed by atoms with Gasteiger partial charge in [0.2, 0.25) is 0 Å². The first kappa shape index (κ1) is 15.1. The van der Waals surface area contributed by atoms with Gasteiger partial charge in [0.05, 0.1) is 6.10 Å². The molecule has 3 rings (SSSR count). The first-order chi connectivity index (χ1) is 10.8. The highest BCUT2D eigenvalue weighted by molar-refractivity contribution is 5.21. The Labute approximate surface area is 132 Å². The predicted octanol–water partition coefficient (Wildman–Crippen LogP) is 3.26. The Hall–Kier alpha value is -1.84. The molecule has 1 fully saturated rings. The van der Waals surface area contributed by atoms with E-state index >= 15 is 0 Å². The number of β-amino-alcohol motifs (C(OH)–C–C–N with tert-alkyl or cyclic N) is 1. The van der Waals surface area contributed by atoms with Crippen LogP contribution in [0.3, 0.4) is 0 Å². The van der Waals surface area contributed by atoms with Crippen LogP contribution >= 0.6 is 0 Å². The number of aliphatic hydroxyl groups excluding tert-OH is 1. The summed E-state index contributed by atoms with van der Waals surface area (Å²) >= 11 is 0. The summed E-state index contributed by atoms with van der Waals surface area (Å²) in [7, 11) is 0. The van der Waals surface area contributed by atoms with E-state index in [0.717, 1.165) is 37.2 Å². The molecule has 0 aromatic heterocycles. The summed E-state index contributed by atoms with van der Waals surface area (Å²) in [5, 5.41) is 10.3. The lowest BCUT2D eigenvalue weighted by atomic mass is 10.0. The van der Waals surface area contributed by atoms with Crippen molar-refractivity contribution < 1.29 is 9.84 Å². The van der Waals surface area contributed by atoms with Gasteiger partial charge in [-0.05, 0) is 30.5 Å². The number of rotatable bonds is 5. The second kappa shape index (κ2) is 7.43. The lowest BCUT2D eigenvalue weighted by Gasteiger charge is -2.33. The maximum Gasteiger partial charge on any atom is 0.119 e. The van der Waals surface area contributed by atoms with Crippen molar-refractivity contribution in [2.24, 2.45) is 0 Å². The molecule has 1 unspecified atom stereocenters. The van der Waals surface area contributed by atoms with Gasteiger partial charge in [0.1, 0.15) is 11.9 Å². The van der Waals surface area contributed by atoms with Crippen LogP contribution in [0.15, 0.2) is 60.7 Å². The van der Waals surface area contributed by atoms with Gasteiger partial charge in [-0.25, -0.2) is 0 Å². The van der Waals surface area contributed by atoms with Gasteiger partial charge in [-0.2, -0.15) is 0 Å². The summed E-state index contributed by atoms with van der Waals surface area (Å²) < 4.78 is 6.00. The average molecular weight is 297 g/mol. The number of ether oxygens (including phenoxy) is 1. The summed E-state index contributed by atoms with van der Waals surface area (Å²) in [6.45, 7) is 2.64. The molecular weight excluding hydrogens is 274 g/mol. The Balaban J connectivity index is 1.46. The van der Waals surface area contributed by atoms with E-state index in [2.05, 4.69) is 4.90 Å². The average Bonchev–Trinajstić information content (AvgIpc) is 2.58. The topological polar surface area (TPSA) is 32.7 Å². The smallest absolute Gasteiger partial charge is 0.119 e. The molecule has 0 spiro atoms. The van der Waals surface area contributed by atoms with Crippen molar-refractivity contribution in [1.82, 2.24) is 4.90 Å². The minimum atomic E-state index is -0.409. The van der Waals surface area contributed by atoms with Gasteiger partial charge in [-0.3, -0.25) is 0 Å². The quantitative estimate of drug-likeness (QED) is 0.919. The number of aliphatic hydroxyl groups is 1. The standard InChI is InChI=1S/C19H23NO2/c21-19(16-7-3-1-4-8-16)15-20-13-11-18(12-14-20)22-17-9-5-2-6-10-17/h1-10,18-19,21H,11-15H2. The zero-order valence-corrected chi connectivity index (χ0v) is 12.8. The van der Waals surface area contributed by atoms with Crippen LogP contribution in [-0.2, 0) is 0 Å². The Morgan fingerprint density at radius 2 is 1.55 bits per heavy atom. The van der Waals surface area contributed by atoms with Crippen molar-refractivity contribution in [3.63, 3.8) is 0 Å². The van der Waals surface area contributed by atoms with Gasteiger partial charge >= 0.3 is 0 Å². The first-order valence-electron chi connectivity index (χ1n) is 7.98. The van der Waals surface area contributed by atoms with Crippen LogP contribution in [0.5, 0.6) is 5.75 Å². The zero-order valence-electron chi connectivity index (χ0n) is 12.8. The minimum Gasteiger partial charge on any atom is -0.490 e. The van der Waals surface area contributed by atoms with Crippen LogP contribution in [0, 0.1) is 0 Å². The first-order valence-corrected chi connectivity index (χ1v) is 7.98. The van der Waals surface area contributed by atoms with E-state index in [1.807, 2.05) is 60.7 Å². The highest BCUT2D eigenvalue weighted by atomic mass is 16.5. The fraction of sp³-hybridized carbons (Fsp3) is 0.368. The molecule has 3 heteroatoms. The maximum absolute atomic E-state index is 10.3. The molecule has 0 saturated carbocycles. The number of nitrogens with zero attached hydrogens (tertiary/aromatic N) is 1. The summed E-state index contributed by atoms with van der Waals surface area (Å²) in [5.74, 6) is 0.949. The fourth-order valence-electron chi connectivity index (χ4n) is 2.93. The summed E-state index contributed by atoms with van der Waals surface area (Å²) in [5.41, 5.74) is 0.991. The number of piperidine rings is 1. The fourth-order valence-corrected chi connectivity index (χ4v) is 2.93. The molecule has 0 amide bonds. The van der Waals surface area contributed by atoms with E-state index in [1.165, 1.54) is 0 Å². The molecular formula is C19H23NO2. The van der Waals surface area contributed by atoms with Gasteiger partial charge in [-0.1, -0.05) is 48.5 Å². The predicted molar refractivity (Wildman–Crippen MR) is 87.9 cm³/mol. The monoisotopic (exact) mass is 297 g/mol. The normalized spacial score (nSPS) is 18.0. The third-order valence-electron chi connectivity index (χ3n) is 4.20. The molecule has 22 heavy (non-hydrogen) atoms. The molecule has 0 bridgehead atoms. The van der Waals surface area contributed by atoms with E-state index in [1.54, 1.807) is 0 Å². The van der Waals surface area contributed by atoms with Crippen LogP contribution in [0.2, 0.25) is 0 Å². The Kier molecular flexibility index (Phi) is 5.09. The van der Waals surface area contributed by atoms with Crippen LogP contribution in [0.4, 0.5) is 0 Å². The number of hydrogen-bond donors (Lipinski definition) is 1. The second-order valence-electron chi connectivity index (χ2n) is 5.86. The van der Waals surface area contributed by atoms with Gasteiger partial charge in [0.15, 0.2) is 0 Å². The minimum absolute atomic E-state index is 0.285. The maximum atomic E-state index is 10.3. The van der Waals surface area contributed by atoms with Crippen LogP contribution in [0.1, 0.15) is 24.5 Å². The second-order valence-corrected chi connectivity index (χ2v) is 5.86. The lowest BCUT2D eigenvalue weighted by Crippen LogP contribution is -2.40. The third kappa shape index (κ3) is 4.09. The summed E-state index contributed by atoms with van der Waals surface area (Å²) in [4.78, 5) is 2.32. The van der Waals surface area contributed by atoms with E-state index in [-0.39, 0.29) is 6.10 Å². The van der Waals surface area contributed by atoms with Crippen LogP contribution in [-0.4, -0.2) is 35.7 Å². The highest BCUT2D eigenvalue weighted by Gasteiger charge is 2.22. The van der Waals surface area contributed by atoms with Gasteiger partial charge in [0, 0.05) is 19.6 Å². The van der Waals surface area contributed by atoms with Gasteiger partial charge < -0.3 is 14.7 Å².